The summed E-state index contributed by atoms with van der Waals surface area (Å²) in [6.07, 6.45) is -3.02. The number of aromatic nitrogens is 4. The number of nitrogens with zero attached hydrogens (tertiary/aromatic N) is 3. The van der Waals surface area contributed by atoms with Crippen LogP contribution in [0.25, 0.3) is 11.2 Å². The van der Waals surface area contributed by atoms with Gasteiger partial charge in [-0.05, 0) is 0 Å². The predicted molar refractivity (Wildman–Crippen MR) is 107 cm³/mol. The van der Waals surface area contributed by atoms with Crippen molar-refractivity contribution in [2.75, 3.05) is 12.3 Å². The smallest absolute Gasteiger partial charge is 0.387 e. The van der Waals surface area contributed by atoms with E-state index in [1.165, 1.54) is 0 Å². The van der Waals surface area contributed by atoms with Gasteiger partial charge in [-0.1, -0.05) is 12.7 Å². The second-order valence-electron chi connectivity index (χ2n) is 6.51. The summed E-state index contributed by atoms with van der Waals surface area (Å²) in [4.78, 5) is 49.2. The molecule has 0 aliphatic carbocycles. The van der Waals surface area contributed by atoms with Crippen LogP contribution in [0.2, 0.25) is 0 Å². The molecule has 3 heterocycles. The maximum atomic E-state index is 12.0. The predicted octanol–water partition coefficient (Wildman–Crippen LogP) is -1.49. The number of rotatable bonds is 9. The number of aliphatic hydroxyl groups excluding tert-OH is 1. The highest BCUT2D eigenvalue weighted by Gasteiger charge is 2.55. The third-order valence-corrected chi connectivity index (χ3v) is 8.03. The minimum Gasteiger partial charge on any atom is -0.387 e. The molecule has 18 nitrogen and oxygen atoms in total. The molecule has 0 bridgehead atoms. The van der Waals surface area contributed by atoms with E-state index in [0.717, 1.165) is 17.0 Å². The summed E-state index contributed by atoms with van der Waals surface area (Å²) in [5.41, 5.74) is 2.24. The third kappa shape index (κ3) is 5.33. The van der Waals surface area contributed by atoms with Crippen LogP contribution in [0.15, 0.2) is 23.8 Å². The van der Waals surface area contributed by atoms with Crippen molar-refractivity contribution in [1.29, 1.82) is 0 Å². The Morgan fingerprint density at radius 2 is 2.09 bits per heavy atom. The number of H-pyrrole nitrogens is 1. The van der Waals surface area contributed by atoms with Crippen molar-refractivity contribution in [3.8, 4) is 0 Å². The fraction of sp³-hybridized carbons (Fsp3) is 0.417. The summed E-state index contributed by atoms with van der Waals surface area (Å²) in [6, 6.07) is 0. The highest BCUT2D eigenvalue weighted by molar-refractivity contribution is 7.64. The van der Waals surface area contributed by atoms with Crippen LogP contribution < -0.4 is 11.3 Å². The number of anilines is 1. The molecule has 2 aromatic rings. The summed E-state index contributed by atoms with van der Waals surface area (Å²) in [6.45, 7) is 2.41. The molecule has 2 aromatic heterocycles. The number of phosphoric ester groups is 1. The standard InChI is InChI=1S/C12H18N5O13P3/c1-2-12(20)7(18)5(3-27-32(23,24)30-33(25,26)29-31(21)22)28-10(12)17-4-14-6-8(17)15-11(13)16-9(6)19/h2,4-5,7,10,18,20,31H,1,3H2,(H,21,22)(H,23,24)(H,25,26)(H3,13,15,16,19)/t5-,7?,10-,12?/m1/s1. The van der Waals surface area contributed by atoms with Gasteiger partial charge in [-0.25, -0.2) is 18.4 Å². The maximum Gasteiger partial charge on any atom is 0.488 e. The monoisotopic (exact) mass is 533 g/mol. The van der Waals surface area contributed by atoms with E-state index in [4.69, 9.17) is 15.4 Å². The number of nitrogens with one attached hydrogen (secondary N) is 1. The second kappa shape index (κ2) is 9.11. The molecule has 21 heteroatoms. The Morgan fingerprint density at radius 1 is 1.42 bits per heavy atom. The van der Waals surface area contributed by atoms with Gasteiger partial charge in [0.15, 0.2) is 23.0 Å². The molecule has 8 N–H and O–H groups in total. The number of fused-ring (bicyclic) bond motifs is 1. The fourth-order valence-corrected chi connectivity index (χ4v) is 5.77. The third-order valence-electron chi connectivity index (χ3n) is 4.36. The number of imidazole rings is 1. The summed E-state index contributed by atoms with van der Waals surface area (Å²) in [5, 5.41) is 21.4. The van der Waals surface area contributed by atoms with Crippen molar-refractivity contribution in [1.82, 2.24) is 19.5 Å². The Hall–Kier alpha value is -1.78. The minimum absolute atomic E-state index is 0.135. The van der Waals surface area contributed by atoms with E-state index in [1.807, 2.05) is 0 Å². The Balaban J connectivity index is 1.84. The van der Waals surface area contributed by atoms with Crippen LogP contribution in [0.5, 0.6) is 0 Å². The molecular formula is C12H18N5O13P3. The molecule has 1 fully saturated rings. The normalized spacial score (nSPS) is 30.0. The van der Waals surface area contributed by atoms with Crippen molar-refractivity contribution in [3.05, 3.63) is 29.3 Å². The van der Waals surface area contributed by atoms with Gasteiger partial charge >= 0.3 is 23.9 Å². The van der Waals surface area contributed by atoms with Crippen LogP contribution in [-0.4, -0.2) is 68.8 Å². The SMILES string of the molecule is C=CC1(O)C(O)[C@@H](COP(=O)(O)OP(=O)(O)O[PH](=O)O)O[C@H]1n1cnc2c(=O)[nH]c(N)nc21. The van der Waals surface area contributed by atoms with Gasteiger partial charge in [-0.15, -0.1) is 0 Å². The number of aliphatic hydroxyl groups is 2. The van der Waals surface area contributed by atoms with Crippen LogP contribution in [0.3, 0.4) is 0 Å². The highest BCUT2D eigenvalue weighted by atomic mass is 31.3. The molecule has 5 unspecified atom stereocenters. The van der Waals surface area contributed by atoms with E-state index in [2.05, 4.69) is 34.7 Å². The quantitative estimate of drug-likeness (QED) is 0.143. The molecule has 0 radical (unpaired) electrons. The first-order valence-corrected chi connectivity index (χ1v) is 12.8. The van der Waals surface area contributed by atoms with Gasteiger partial charge in [-0.2, -0.15) is 9.29 Å². The summed E-state index contributed by atoms with van der Waals surface area (Å²) < 4.78 is 52.3. The zero-order chi connectivity index (χ0) is 24.8. The molecule has 0 saturated carbocycles. The van der Waals surface area contributed by atoms with E-state index in [-0.39, 0.29) is 17.1 Å². The van der Waals surface area contributed by atoms with Gasteiger partial charge in [0.2, 0.25) is 5.95 Å². The number of phosphoric acid groups is 2. The van der Waals surface area contributed by atoms with Crippen LogP contribution in [0.1, 0.15) is 6.23 Å². The van der Waals surface area contributed by atoms with Crippen molar-refractivity contribution in [2.24, 2.45) is 0 Å². The zero-order valence-corrected chi connectivity index (χ0v) is 18.9. The largest absolute Gasteiger partial charge is 0.488 e. The number of ether oxygens (including phenoxy) is 1. The van der Waals surface area contributed by atoms with Gasteiger partial charge in [0, 0.05) is 0 Å². The number of aromatic amines is 1. The molecule has 0 aromatic carbocycles. The number of hydrogen-bond acceptors (Lipinski definition) is 13. The first-order chi connectivity index (χ1) is 15.2. The van der Waals surface area contributed by atoms with Gasteiger partial charge < -0.3 is 35.4 Å². The molecular weight excluding hydrogens is 515 g/mol. The highest BCUT2D eigenvalue weighted by Crippen LogP contribution is 2.63. The zero-order valence-electron chi connectivity index (χ0n) is 16.1. The van der Waals surface area contributed by atoms with Crippen molar-refractivity contribution in [3.63, 3.8) is 0 Å². The Kier molecular flexibility index (Phi) is 7.13. The summed E-state index contributed by atoms with van der Waals surface area (Å²) >= 11 is 0. The molecule has 0 spiro atoms. The molecule has 0 amide bonds. The van der Waals surface area contributed by atoms with Crippen LogP contribution >= 0.6 is 23.9 Å². The molecule has 184 valence electrons. The van der Waals surface area contributed by atoms with Crippen molar-refractivity contribution in [2.45, 2.75) is 24.0 Å². The van der Waals surface area contributed by atoms with Crippen LogP contribution in [-0.2, 0) is 31.6 Å². The molecule has 1 aliphatic heterocycles. The van der Waals surface area contributed by atoms with Crippen molar-refractivity contribution < 1.29 is 56.5 Å². The van der Waals surface area contributed by atoms with Gasteiger partial charge in [0.25, 0.3) is 5.56 Å². The van der Waals surface area contributed by atoms with E-state index in [9.17, 15) is 38.5 Å². The first-order valence-electron chi connectivity index (χ1n) is 8.55. The molecule has 1 aliphatic rings. The Morgan fingerprint density at radius 3 is 2.70 bits per heavy atom. The molecule has 33 heavy (non-hydrogen) atoms. The number of nitrogen functional groups attached to an aromatic ring is 1. The van der Waals surface area contributed by atoms with Crippen molar-refractivity contribution >= 4 is 41.0 Å². The number of nitrogens with two attached hydrogens (primary N) is 1. The van der Waals surface area contributed by atoms with Gasteiger partial charge in [0.1, 0.15) is 12.2 Å². The van der Waals surface area contributed by atoms with Gasteiger partial charge in [0.05, 0.1) is 12.9 Å². The topological polar surface area (TPSA) is 279 Å². The van der Waals surface area contributed by atoms with E-state index in [1.54, 1.807) is 0 Å². The van der Waals surface area contributed by atoms with E-state index >= 15 is 0 Å². The van der Waals surface area contributed by atoms with Crippen LogP contribution in [0, 0.1) is 0 Å². The second-order valence-corrected chi connectivity index (χ2v) is 10.6. The minimum atomic E-state index is -5.46. The first kappa shape index (κ1) is 25.8. The van der Waals surface area contributed by atoms with E-state index in [0.29, 0.717) is 0 Å². The lowest BCUT2D eigenvalue weighted by molar-refractivity contribution is -0.0768. The summed E-state index contributed by atoms with van der Waals surface area (Å²) in [5.74, 6) is -0.283. The van der Waals surface area contributed by atoms with Crippen LogP contribution in [0.4, 0.5) is 5.95 Å². The lowest BCUT2D eigenvalue weighted by atomic mass is 9.94. The number of hydrogen-bond donors (Lipinski definition) is 7. The average molecular weight is 533 g/mol. The lowest BCUT2D eigenvalue weighted by Gasteiger charge is -2.28. The lowest BCUT2D eigenvalue weighted by Crippen LogP contribution is -2.45. The average Bonchev–Trinajstić information content (AvgIpc) is 3.18. The van der Waals surface area contributed by atoms with E-state index < -0.39 is 60.1 Å². The fourth-order valence-electron chi connectivity index (χ4n) is 2.98. The Bertz CT molecular complexity index is 1250. The molecule has 3 rings (SSSR count). The summed E-state index contributed by atoms with van der Waals surface area (Å²) in [7, 11) is -14.9. The molecule has 7 atom stereocenters. The van der Waals surface area contributed by atoms with Gasteiger partial charge in [-0.3, -0.25) is 23.4 Å². The maximum absolute atomic E-state index is 12.0. The Labute approximate surface area is 183 Å². The molecule has 1 saturated heterocycles.